The van der Waals surface area contributed by atoms with Gasteiger partial charge in [0.1, 0.15) is 0 Å². The van der Waals surface area contributed by atoms with Crippen LogP contribution >= 0.6 is 0 Å². The van der Waals surface area contributed by atoms with Crippen molar-refractivity contribution < 1.29 is 0 Å². The zero-order chi connectivity index (χ0) is 21.3. The summed E-state index contributed by atoms with van der Waals surface area (Å²) in [5.41, 5.74) is 4.92. The predicted molar refractivity (Wildman–Crippen MR) is 130 cm³/mol. The first kappa shape index (κ1) is 21.4. The van der Waals surface area contributed by atoms with Crippen molar-refractivity contribution in [2.24, 2.45) is 0 Å². The van der Waals surface area contributed by atoms with Crippen LogP contribution in [-0.4, -0.2) is 86.4 Å². The normalized spacial score (nSPS) is 14.4. The lowest BCUT2D eigenvalue weighted by molar-refractivity contribution is 0.623. The quantitative estimate of drug-likeness (QED) is 0.698. The zero-order valence-electron chi connectivity index (χ0n) is 19.2. The van der Waals surface area contributed by atoms with Crippen LogP contribution in [0.1, 0.15) is 0 Å². The highest BCUT2D eigenvalue weighted by atomic mass is 15.4. The molecule has 0 radical (unpaired) electrons. The molecule has 8 heteroatoms. The Morgan fingerprint density at radius 3 is 1.10 bits per heavy atom. The van der Waals surface area contributed by atoms with Gasteiger partial charge in [-0.05, 0) is 76.7 Å². The van der Waals surface area contributed by atoms with Crippen LogP contribution in [0, 0.1) is 0 Å². The Bertz CT molecular complexity index is 724. The third-order valence-corrected chi connectivity index (χ3v) is 5.66. The molecule has 0 bridgehead atoms. The Morgan fingerprint density at radius 1 is 0.552 bits per heavy atom. The maximum absolute atomic E-state index is 2.49. The van der Waals surface area contributed by atoms with Crippen molar-refractivity contribution in [1.82, 2.24) is 9.62 Å². The van der Waals surface area contributed by atoms with Gasteiger partial charge in [-0.1, -0.05) is 0 Å². The highest BCUT2D eigenvalue weighted by molar-refractivity contribution is 7.24. The molecule has 0 unspecified atom stereocenters. The molecule has 1 aliphatic rings. The van der Waals surface area contributed by atoms with E-state index in [1.807, 2.05) is 0 Å². The van der Waals surface area contributed by atoms with Crippen molar-refractivity contribution in [2.75, 3.05) is 82.5 Å². The molecule has 0 spiro atoms. The number of rotatable bonds is 6. The summed E-state index contributed by atoms with van der Waals surface area (Å²) >= 11 is 0. The lowest BCUT2D eigenvalue weighted by Gasteiger charge is -2.31. The molecule has 2 aromatic rings. The lowest BCUT2D eigenvalue weighted by atomic mass is 9.32. The standard InChI is InChI=1S/C21H34B2N6/c1-24(2)18-9-13-20(14-10-18)28-17-29(23(27(7)8)22(28)26(5)6)21-15-11-19(12-16-21)25(3)4/h9-16H,17H2,1-8H3. The van der Waals surface area contributed by atoms with Crippen molar-refractivity contribution in [3.63, 3.8) is 0 Å². The first-order chi connectivity index (χ1) is 13.7. The second-order valence-electron chi connectivity index (χ2n) is 8.66. The summed E-state index contributed by atoms with van der Waals surface area (Å²) in [5, 5.41) is 0. The average Bonchev–Trinajstić information content (AvgIpc) is 3.09. The number of benzene rings is 2. The predicted octanol–water partition coefficient (Wildman–Crippen LogP) is 2.28. The molecule has 0 N–H and O–H groups in total. The summed E-state index contributed by atoms with van der Waals surface area (Å²) in [6.07, 6.45) is 0. The van der Waals surface area contributed by atoms with E-state index in [9.17, 15) is 0 Å². The molecule has 0 saturated carbocycles. The van der Waals surface area contributed by atoms with Crippen LogP contribution in [0.15, 0.2) is 48.5 Å². The van der Waals surface area contributed by atoms with Crippen LogP contribution in [0.25, 0.3) is 0 Å². The van der Waals surface area contributed by atoms with Crippen LogP contribution in [0.4, 0.5) is 22.7 Å². The van der Waals surface area contributed by atoms with Crippen molar-refractivity contribution in [3.05, 3.63) is 48.5 Å². The third kappa shape index (κ3) is 4.33. The molecular formula is C21H34B2N6. The van der Waals surface area contributed by atoms with Crippen LogP contribution in [-0.2, 0) is 0 Å². The summed E-state index contributed by atoms with van der Waals surface area (Å²) in [6.45, 7) is 1.32. The molecule has 0 amide bonds. The molecule has 0 aliphatic carbocycles. The van der Waals surface area contributed by atoms with Crippen molar-refractivity contribution in [3.8, 4) is 0 Å². The highest BCUT2D eigenvalue weighted by Gasteiger charge is 2.51. The van der Waals surface area contributed by atoms with Gasteiger partial charge in [-0.25, -0.2) is 0 Å². The molecule has 0 aromatic heterocycles. The second-order valence-corrected chi connectivity index (χ2v) is 8.66. The molecular weight excluding hydrogens is 358 g/mol. The van der Waals surface area contributed by atoms with Gasteiger partial charge >= 0.3 is 13.7 Å². The minimum atomic E-state index is 0.240. The van der Waals surface area contributed by atoms with E-state index in [0.717, 1.165) is 6.67 Å². The van der Waals surface area contributed by atoms with Gasteiger partial charge in [0.15, 0.2) is 0 Å². The molecule has 1 saturated heterocycles. The smallest absolute Gasteiger partial charge is 0.353 e. The summed E-state index contributed by atoms with van der Waals surface area (Å²) in [6, 6.07) is 17.7. The fraction of sp³-hybridized carbons (Fsp3) is 0.429. The van der Waals surface area contributed by atoms with Gasteiger partial charge in [-0.2, -0.15) is 0 Å². The molecule has 2 aromatic carbocycles. The van der Waals surface area contributed by atoms with Gasteiger partial charge in [-0.3, -0.25) is 0 Å². The summed E-state index contributed by atoms with van der Waals surface area (Å²) < 4.78 is 0. The molecule has 0 atom stereocenters. The van der Waals surface area contributed by atoms with E-state index in [1.165, 1.54) is 22.7 Å². The van der Waals surface area contributed by atoms with E-state index >= 15 is 0 Å². The van der Waals surface area contributed by atoms with Crippen molar-refractivity contribution >= 4 is 36.5 Å². The fourth-order valence-corrected chi connectivity index (χ4v) is 4.10. The van der Waals surface area contributed by atoms with Crippen LogP contribution < -0.4 is 19.4 Å². The first-order valence-corrected chi connectivity index (χ1v) is 10.1. The molecule has 1 heterocycles. The van der Waals surface area contributed by atoms with Crippen LogP contribution in [0.2, 0.25) is 0 Å². The van der Waals surface area contributed by atoms with Crippen molar-refractivity contribution in [1.29, 1.82) is 0 Å². The minimum Gasteiger partial charge on any atom is -0.388 e. The Kier molecular flexibility index (Phi) is 6.34. The molecule has 29 heavy (non-hydrogen) atoms. The largest absolute Gasteiger partial charge is 0.388 e. The molecule has 1 aliphatic heterocycles. The van der Waals surface area contributed by atoms with Gasteiger partial charge in [-0.15, -0.1) is 0 Å². The van der Waals surface area contributed by atoms with Crippen molar-refractivity contribution in [2.45, 2.75) is 0 Å². The lowest BCUT2D eigenvalue weighted by Crippen LogP contribution is -2.62. The monoisotopic (exact) mass is 392 g/mol. The van der Waals surface area contributed by atoms with E-state index in [1.54, 1.807) is 0 Å². The second kappa shape index (κ2) is 8.59. The number of hydrogen-bond acceptors (Lipinski definition) is 6. The Morgan fingerprint density at radius 2 is 0.862 bits per heavy atom. The average molecular weight is 392 g/mol. The van der Waals surface area contributed by atoms with Crippen LogP contribution in [0.5, 0.6) is 0 Å². The Balaban J connectivity index is 1.97. The SMILES string of the molecule is CN(C)B1B(N(C)C)N(c2ccc(N(C)C)cc2)CN1c1ccc(N(C)C)cc1. The Hall–Kier alpha value is -2.31. The first-order valence-electron chi connectivity index (χ1n) is 10.1. The van der Waals surface area contributed by atoms with Gasteiger partial charge in [0.25, 0.3) is 0 Å². The molecule has 154 valence electrons. The fourth-order valence-electron chi connectivity index (χ4n) is 4.10. The van der Waals surface area contributed by atoms with Gasteiger partial charge in [0.05, 0.1) is 6.67 Å². The van der Waals surface area contributed by atoms with E-state index in [0.29, 0.717) is 0 Å². The summed E-state index contributed by atoms with van der Waals surface area (Å²) in [5.74, 6) is 0. The summed E-state index contributed by atoms with van der Waals surface area (Å²) in [4.78, 5) is 13.9. The van der Waals surface area contributed by atoms with E-state index in [-0.39, 0.29) is 13.7 Å². The van der Waals surface area contributed by atoms with Gasteiger partial charge in [0, 0.05) is 50.9 Å². The maximum atomic E-state index is 2.49. The van der Waals surface area contributed by atoms with E-state index in [4.69, 9.17) is 0 Å². The Labute approximate surface area is 177 Å². The maximum Gasteiger partial charge on any atom is 0.353 e. The van der Waals surface area contributed by atoms with E-state index < -0.39 is 0 Å². The minimum absolute atomic E-state index is 0.240. The molecule has 1 fully saturated rings. The third-order valence-electron chi connectivity index (χ3n) is 5.66. The zero-order valence-corrected chi connectivity index (χ0v) is 19.2. The van der Waals surface area contributed by atoms with Gasteiger partial charge in [0.2, 0.25) is 0 Å². The van der Waals surface area contributed by atoms with Crippen LogP contribution in [0.3, 0.4) is 0 Å². The molecule has 3 rings (SSSR count). The highest BCUT2D eigenvalue weighted by Crippen LogP contribution is 2.31. The topological polar surface area (TPSA) is 19.4 Å². The number of anilines is 4. The van der Waals surface area contributed by atoms with E-state index in [2.05, 4.69) is 134 Å². The van der Waals surface area contributed by atoms with Gasteiger partial charge < -0.3 is 29.0 Å². The summed E-state index contributed by atoms with van der Waals surface area (Å²) in [7, 11) is 17.0. The molecule has 6 nitrogen and oxygen atoms in total. The number of nitrogens with zero attached hydrogens (tertiary/aromatic N) is 6. The number of hydrogen-bond donors (Lipinski definition) is 0.